The van der Waals surface area contributed by atoms with Gasteiger partial charge in [0.25, 0.3) is 11.8 Å². The molecule has 3 aromatic heterocycles. The van der Waals surface area contributed by atoms with Crippen molar-refractivity contribution in [3.8, 4) is 34.3 Å². The van der Waals surface area contributed by atoms with Crippen molar-refractivity contribution >= 4 is 22.6 Å². The van der Waals surface area contributed by atoms with E-state index in [0.29, 0.717) is 56.7 Å². The van der Waals surface area contributed by atoms with E-state index in [-0.39, 0.29) is 11.6 Å². The van der Waals surface area contributed by atoms with Crippen LogP contribution in [0.1, 0.15) is 35.9 Å². The van der Waals surface area contributed by atoms with Gasteiger partial charge in [0.05, 0.1) is 19.7 Å². The molecule has 3 heterocycles. The first-order chi connectivity index (χ1) is 20.2. The predicted octanol–water partition coefficient (Wildman–Crippen LogP) is 6.55. The van der Waals surface area contributed by atoms with Gasteiger partial charge in [-0.25, -0.2) is 9.37 Å². The van der Waals surface area contributed by atoms with Crippen molar-refractivity contribution in [2.75, 3.05) is 19.5 Å². The van der Waals surface area contributed by atoms with Gasteiger partial charge in [0.2, 0.25) is 5.43 Å². The Hall–Kier alpha value is -5.25. The molecule has 1 amide bonds. The predicted molar refractivity (Wildman–Crippen MR) is 158 cm³/mol. The largest absolute Gasteiger partial charge is 0.491 e. The molecule has 0 spiro atoms. The molecule has 0 aliphatic carbocycles. The van der Waals surface area contributed by atoms with E-state index in [9.17, 15) is 14.0 Å². The van der Waals surface area contributed by atoms with E-state index in [4.69, 9.17) is 14.2 Å². The zero-order chi connectivity index (χ0) is 30.0. The summed E-state index contributed by atoms with van der Waals surface area (Å²) in [5.41, 5.74) is 2.66. The molecule has 5 rings (SSSR count). The van der Waals surface area contributed by atoms with Gasteiger partial charge >= 0.3 is 0 Å². The van der Waals surface area contributed by atoms with Crippen LogP contribution in [0.3, 0.4) is 0 Å². The van der Waals surface area contributed by atoms with Crippen LogP contribution in [-0.2, 0) is 0 Å². The number of aromatic nitrogens is 3. The Morgan fingerprint density at radius 1 is 0.976 bits per heavy atom. The molecule has 214 valence electrons. The summed E-state index contributed by atoms with van der Waals surface area (Å²) in [5.74, 6) is 0.740. The third-order valence-corrected chi connectivity index (χ3v) is 6.78. The summed E-state index contributed by atoms with van der Waals surface area (Å²) in [6, 6.07) is 15.8. The second-order valence-electron chi connectivity index (χ2n) is 9.80. The first-order valence-electron chi connectivity index (χ1n) is 13.2. The molecule has 0 aliphatic heterocycles. The fraction of sp³-hybridized carbons (Fsp3) is 0.188. The Labute approximate surface area is 241 Å². The zero-order valence-corrected chi connectivity index (χ0v) is 23.8. The van der Waals surface area contributed by atoms with Crippen molar-refractivity contribution in [3.05, 3.63) is 100 Å². The summed E-state index contributed by atoms with van der Waals surface area (Å²) in [6.45, 7) is 5.73. The van der Waals surface area contributed by atoms with Crippen molar-refractivity contribution in [2.24, 2.45) is 0 Å². The fourth-order valence-corrected chi connectivity index (χ4v) is 4.70. The van der Waals surface area contributed by atoms with E-state index < -0.39 is 17.2 Å². The SMILES string of the molecule is COc1cc2nccc(Oc3ccc(NC(=O)c4cn(C(C)C)c(C)c(-c5ccc(F)cc5)c4=O)cc3)c2nc1OC. The highest BCUT2D eigenvalue weighted by molar-refractivity contribution is 6.04. The van der Waals surface area contributed by atoms with E-state index in [0.717, 1.165) is 0 Å². The molecule has 0 saturated carbocycles. The van der Waals surface area contributed by atoms with E-state index in [1.807, 2.05) is 25.3 Å². The van der Waals surface area contributed by atoms with Gasteiger partial charge < -0.3 is 24.1 Å². The minimum absolute atomic E-state index is 0.0207. The molecule has 0 fully saturated rings. The number of nitrogens with zero attached hydrogens (tertiary/aromatic N) is 3. The minimum atomic E-state index is -0.559. The van der Waals surface area contributed by atoms with Crippen molar-refractivity contribution in [1.82, 2.24) is 14.5 Å². The van der Waals surface area contributed by atoms with Crippen LogP contribution < -0.4 is 25.0 Å². The number of pyridine rings is 3. The number of amides is 1. The number of hydrogen-bond donors (Lipinski definition) is 1. The molecule has 5 aromatic rings. The molecule has 42 heavy (non-hydrogen) atoms. The van der Waals surface area contributed by atoms with Gasteiger partial charge in [-0.2, -0.15) is 0 Å². The average molecular weight is 569 g/mol. The quantitative estimate of drug-likeness (QED) is 0.226. The second kappa shape index (κ2) is 11.7. The van der Waals surface area contributed by atoms with Gasteiger partial charge in [-0.05, 0) is 62.7 Å². The van der Waals surface area contributed by atoms with Crippen LogP contribution in [0.25, 0.3) is 22.2 Å². The van der Waals surface area contributed by atoms with Crippen LogP contribution in [0.2, 0.25) is 0 Å². The second-order valence-corrected chi connectivity index (χ2v) is 9.80. The zero-order valence-electron chi connectivity index (χ0n) is 23.8. The number of hydrogen-bond acceptors (Lipinski definition) is 7. The third kappa shape index (κ3) is 5.51. The highest BCUT2D eigenvalue weighted by atomic mass is 19.1. The Balaban J connectivity index is 1.41. The van der Waals surface area contributed by atoms with Gasteiger partial charge in [-0.3, -0.25) is 14.6 Å². The van der Waals surface area contributed by atoms with Crippen LogP contribution in [0.5, 0.6) is 23.1 Å². The minimum Gasteiger partial charge on any atom is -0.491 e. The molecule has 0 bridgehead atoms. The molecular weight excluding hydrogens is 539 g/mol. The molecule has 9 nitrogen and oxygen atoms in total. The normalized spacial score (nSPS) is 11.0. The number of halogens is 1. The first-order valence-corrected chi connectivity index (χ1v) is 13.2. The molecule has 0 unspecified atom stereocenters. The summed E-state index contributed by atoms with van der Waals surface area (Å²) in [6.07, 6.45) is 3.17. The van der Waals surface area contributed by atoms with Crippen LogP contribution in [0.4, 0.5) is 10.1 Å². The monoisotopic (exact) mass is 568 g/mol. The van der Waals surface area contributed by atoms with Gasteiger partial charge in [0.1, 0.15) is 22.6 Å². The number of methoxy groups -OCH3 is 2. The average Bonchev–Trinajstić information content (AvgIpc) is 2.98. The molecule has 0 saturated heterocycles. The van der Waals surface area contributed by atoms with Crippen LogP contribution in [-0.4, -0.2) is 34.7 Å². The Kier molecular flexibility index (Phi) is 7.88. The molecule has 1 N–H and O–H groups in total. The Morgan fingerprint density at radius 2 is 1.69 bits per heavy atom. The number of anilines is 1. The first kappa shape index (κ1) is 28.3. The fourth-order valence-electron chi connectivity index (χ4n) is 4.70. The van der Waals surface area contributed by atoms with Crippen LogP contribution in [0.15, 0.2) is 77.9 Å². The summed E-state index contributed by atoms with van der Waals surface area (Å²) in [7, 11) is 3.02. The number of carbonyl (C=O) groups excluding carboxylic acids is 1. The van der Waals surface area contributed by atoms with Crippen molar-refractivity contribution in [3.63, 3.8) is 0 Å². The van der Waals surface area contributed by atoms with E-state index in [1.54, 1.807) is 48.8 Å². The number of fused-ring (bicyclic) bond motifs is 1. The molecule has 0 atom stereocenters. The highest BCUT2D eigenvalue weighted by Gasteiger charge is 2.21. The van der Waals surface area contributed by atoms with Crippen LogP contribution in [0, 0.1) is 12.7 Å². The lowest BCUT2D eigenvalue weighted by atomic mass is 10.00. The molecule has 2 aromatic carbocycles. The Morgan fingerprint density at radius 3 is 2.33 bits per heavy atom. The van der Waals surface area contributed by atoms with E-state index in [2.05, 4.69) is 15.3 Å². The lowest BCUT2D eigenvalue weighted by Gasteiger charge is -2.20. The maximum absolute atomic E-state index is 13.6. The summed E-state index contributed by atoms with van der Waals surface area (Å²) in [4.78, 5) is 35.7. The van der Waals surface area contributed by atoms with Gasteiger partial charge in [-0.15, -0.1) is 0 Å². The van der Waals surface area contributed by atoms with Crippen LogP contribution >= 0.6 is 0 Å². The maximum Gasteiger partial charge on any atom is 0.261 e. The lowest BCUT2D eigenvalue weighted by Crippen LogP contribution is -2.26. The third-order valence-electron chi connectivity index (χ3n) is 6.78. The number of carbonyl (C=O) groups is 1. The van der Waals surface area contributed by atoms with Crippen molar-refractivity contribution < 1.29 is 23.4 Å². The van der Waals surface area contributed by atoms with Gasteiger partial charge in [-0.1, -0.05) is 12.1 Å². The smallest absolute Gasteiger partial charge is 0.261 e. The number of nitrogens with one attached hydrogen (secondary N) is 1. The van der Waals surface area contributed by atoms with Gasteiger partial charge in [0.15, 0.2) is 11.5 Å². The summed E-state index contributed by atoms with van der Waals surface area (Å²) >= 11 is 0. The molecular formula is C32H29FN4O5. The standard InChI is InChI=1S/C32H29FN4O5/c1-18(2)37-17-24(30(38)28(19(37)3)20-6-8-21(33)9-7-20)31(39)35-22-10-12-23(13-11-22)42-26-14-15-34-25-16-27(40-4)32(41-5)36-29(25)26/h6-18H,1-5H3,(H,35,39). The lowest BCUT2D eigenvalue weighted by molar-refractivity contribution is 0.102. The summed E-state index contributed by atoms with van der Waals surface area (Å²) < 4.78 is 32.1. The van der Waals surface area contributed by atoms with E-state index >= 15 is 0 Å². The highest BCUT2D eigenvalue weighted by Crippen LogP contribution is 2.34. The summed E-state index contributed by atoms with van der Waals surface area (Å²) in [5, 5.41) is 2.80. The molecule has 0 aliphatic rings. The number of ether oxygens (including phenoxy) is 3. The van der Waals surface area contributed by atoms with Gasteiger partial charge in [0, 0.05) is 47.5 Å². The number of rotatable bonds is 8. The topological polar surface area (TPSA) is 105 Å². The van der Waals surface area contributed by atoms with Crippen molar-refractivity contribution in [2.45, 2.75) is 26.8 Å². The molecule has 10 heteroatoms. The van der Waals surface area contributed by atoms with Crippen molar-refractivity contribution in [1.29, 1.82) is 0 Å². The Bertz CT molecular complexity index is 1830. The number of benzene rings is 2. The molecule has 0 radical (unpaired) electrons. The maximum atomic E-state index is 13.6. The van der Waals surface area contributed by atoms with E-state index in [1.165, 1.54) is 38.5 Å².